The number of hydrogen-bond donors (Lipinski definition) is 2. The Bertz CT molecular complexity index is 121. The van der Waals surface area contributed by atoms with Crippen LogP contribution in [0.15, 0.2) is 0 Å². The Morgan fingerprint density at radius 2 is 1.29 bits per heavy atom. The molecule has 0 bridgehead atoms. The van der Waals surface area contributed by atoms with Gasteiger partial charge in [0.25, 0.3) is 0 Å². The summed E-state index contributed by atoms with van der Waals surface area (Å²) in [5, 5.41) is 15.6. The lowest BCUT2D eigenvalue weighted by atomic mass is 10.1. The summed E-state index contributed by atoms with van der Waals surface area (Å²) in [7, 11) is 0. The van der Waals surface area contributed by atoms with Gasteiger partial charge in [-0.05, 0) is 6.42 Å². The molecule has 0 aliphatic carbocycles. The van der Waals surface area contributed by atoms with Crippen molar-refractivity contribution in [1.82, 2.24) is 0 Å². The van der Waals surface area contributed by atoms with Gasteiger partial charge in [0.2, 0.25) is 5.25 Å². The van der Waals surface area contributed by atoms with Gasteiger partial charge in [-0.15, -0.1) is 0 Å². The van der Waals surface area contributed by atoms with Crippen LogP contribution < -0.4 is 0 Å². The van der Waals surface area contributed by atoms with Gasteiger partial charge in [0.1, 0.15) is 0 Å². The van der Waals surface area contributed by atoms with Gasteiger partial charge in [-0.25, -0.2) is 0 Å². The Morgan fingerprint density at radius 3 is 1.71 bits per heavy atom. The molecule has 0 saturated carbocycles. The number of alkyl halides is 1. The van der Waals surface area contributed by atoms with Gasteiger partial charge in [0.15, 0.2) is 0 Å². The number of halogens is 1. The van der Waals surface area contributed by atoms with Crippen LogP contribution in [0.25, 0.3) is 0 Å². The average Bonchev–Trinajstić information content (AvgIpc) is 2.08. The lowest BCUT2D eigenvalue weighted by Gasteiger charge is -2.11. The maximum absolute atomic E-state index is 8.81. The SMILES string of the molecule is CCCCCCCCCCC(O)(O)Cl. The quantitative estimate of drug-likeness (QED) is 0.357. The molecular weight excluding hydrogens is 200 g/mol. The Kier molecular flexibility index (Phi) is 8.64. The molecule has 0 radical (unpaired) electrons. The van der Waals surface area contributed by atoms with Crippen LogP contribution in [0, 0.1) is 0 Å². The van der Waals surface area contributed by atoms with Gasteiger partial charge in [-0.2, -0.15) is 0 Å². The molecule has 0 rings (SSSR count). The zero-order chi connectivity index (χ0) is 10.9. The third-order valence-corrected chi connectivity index (χ3v) is 2.54. The number of rotatable bonds is 9. The zero-order valence-corrected chi connectivity index (χ0v) is 9.89. The predicted octanol–water partition coefficient (Wildman–Crippen LogP) is 3.39. The van der Waals surface area contributed by atoms with Crippen LogP contribution in [-0.4, -0.2) is 15.5 Å². The van der Waals surface area contributed by atoms with E-state index in [-0.39, 0.29) is 6.42 Å². The first-order valence-electron chi connectivity index (χ1n) is 5.70. The van der Waals surface area contributed by atoms with Crippen molar-refractivity contribution in [3.63, 3.8) is 0 Å². The van der Waals surface area contributed by atoms with Crippen molar-refractivity contribution in [2.45, 2.75) is 70.0 Å². The van der Waals surface area contributed by atoms with E-state index in [9.17, 15) is 0 Å². The molecule has 14 heavy (non-hydrogen) atoms. The first kappa shape index (κ1) is 14.2. The monoisotopic (exact) mass is 222 g/mol. The first-order chi connectivity index (χ1) is 6.56. The smallest absolute Gasteiger partial charge is 0.243 e. The lowest BCUT2D eigenvalue weighted by Crippen LogP contribution is -2.18. The molecule has 0 aliphatic heterocycles. The average molecular weight is 223 g/mol. The predicted molar refractivity (Wildman–Crippen MR) is 60.2 cm³/mol. The summed E-state index contributed by atoms with van der Waals surface area (Å²) < 4.78 is 0. The van der Waals surface area contributed by atoms with Crippen LogP contribution in [0.2, 0.25) is 0 Å². The molecule has 0 fully saturated rings. The van der Waals surface area contributed by atoms with Crippen molar-refractivity contribution in [2.75, 3.05) is 0 Å². The van der Waals surface area contributed by atoms with Crippen molar-refractivity contribution in [2.24, 2.45) is 0 Å². The molecule has 2 N–H and O–H groups in total. The molecule has 0 saturated heterocycles. The van der Waals surface area contributed by atoms with E-state index in [4.69, 9.17) is 21.8 Å². The Morgan fingerprint density at radius 1 is 0.857 bits per heavy atom. The van der Waals surface area contributed by atoms with Gasteiger partial charge in [0.05, 0.1) is 0 Å². The highest BCUT2D eigenvalue weighted by Gasteiger charge is 2.16. The molecule has 0 aliphatic rings. The molecule has 86 valence electrons. The summed E-state index contributed by atoms with van der Waals surface area (Å²) in [4.78, 5) is 0. The standard InChI is InChI=1S/C11H23ClO2/c1-2-3-4-5-6-7-8-9-10-11(12,13)14/h13-14H,2-10H2,1H3. The van der Waals surface area contributed by atoms with Crippen LogP contribution in [0.5, 0.6) is 0 Å². The highest BCUT2D eigenvalue weighted by molar-refractivity contribution is 6.21. The Hall–Kier alpha value is 0.210. The highest BCUT2D eigenvalue weighted by Crippen LogP contribution is 2.17. The first-order valence-corrected chi connectivity index (χ1v) is 6.07. The van der Waals surface area contributed by atoms with Crippen molar-refractivity contribution in [3.8, 4) is 0 Å². The van der Waals surface area contributed by atoms with E-state index in [1.165, 1.54) is 38.5 Å². The molecule has 0 amide bonds. The molecular formula is C11H23ClO2. The topological polar surface area (TPSA) is 40.5 Å². The summed E-state index contributed by atoms with van der Waals surface area (Å²) >= 11 is 5.23. The zero-order valence-electron chi connectivity index (χ0n) is 9.14. The number of unbranched alkanes of at least 4 members (excludes halogenated alkanes) is 7. The van der Waals surface area contributed by atoms with Crippen LogP contribution in [0.4, 0.5) is 0 Å². The lowest BCUT2D eigenvalue weighted by molar-refractivity contribution is -0.0906. The second-order valence-corrected chi connectivity index (χ2v) is 4.55. The van der Waals surface area contributed by atoms with E-state index in [1.807, 2.05) is 0 Å². The van der Waals surface area contributed by atoms with Crippen molar-refractivity contribution >= 4 is 11.6 Å². The van der Waals surface area contributed by atoms with Crippen LogP contribution in [0.1, 0.15) is 64.7 Å². The van der Waals surface area contributed by atoms with E-state index in [0.29, 0.717) is 0 Å². The fourth-order valence-electron chi connectivity index (χ4n) is 1.48. The maximum Gasteiger partial charge on any atom is 0.243 e. The minimum Gasteiger partial charge on any atom is -0.353 e. The van der Waals surface area contributed by atoms with Crippen molar-refractivity contribution in [3.05, 3.63) is 0 Å². The third kappa shape index (κ3) is 12.2. The normalized spacial score (nSPS) is 12.0. The maximum atomic E-state index is 8.81. The van der Waals surface area contributed by atoms with E-state index >= 15 is 0 Å². The molecule has 0 spiro atoms. The largest absolute Gasteiger partial charge is 0.353 e. The van der Waals surface area contributed by atoms with Gasteiger partial charge >= 0.3 is 0 Å². The van der Waals surface area contributed by atoms with Crippen LogP contribution >= 0.6 is 11.6 Å². The molecule has 0 atom stereocenters. The summed E-state index contributed by atoms with van der Waals surface area (Å²) in [6.07, 6.45) is 9.79. The minimum absolute atomic E-state index is 0.267. The van der Waals surface area contributed by atoms with Gasteiger partial charge in [-0.1, -0.05) is 63.5 Å². The second-order valence-electron chi connectivity index (χ2n) is 3.94. The fourth-order valence-corrected chi connectivity index (χ4v) is 1.62. The Labute approximate surface area is 92.3 Å². The molecule has 3 heteroatoms. The summed E-state index contributed by atoms with van der Waals surface area (Å²) in [6, 6.07) is 0. The molecule has 0 heterocycles. The fraction of sp³-hybridized carbons (Fsp3) is 1.00. The van der Waals surface area contributed by atoms with Crippen LogP contribution in [-0.2, 0) is 0 Å². The Balaban J connectivity index is 2.99. The molecule has 0 aromatic rings. The van der Waals surface area contributed by atoms with E-state index in [1.54, 1.807) is 0 Å². The second kappa shape index (κ2) is 8.51. The van der Waals surface area contributed by atoms with Crippen LogP contribution in [0.3, 0.4) is 0 Å². The van der Waals surface area contributed by atoms with E-state index < -0.39 is 5.25 Å². The molecule has 0 aromatic carbocycles. The summed E-state index contributed by atoms with van der Waals surface area (Å²) in [5.74, 6) is 0. The molecule has 0 unspecified atom stereocenters. The summed E-state index contributed by atoms with van der Waals surface area (Å²) in [6.45, 7) is 2.21. The third-order valence-electron chi connectivity index (χ3n) is 2.35. The molecule has 2 nitrogen and oxygen atoms in total. The number of aliphatic hydroxyl groups is 2. The summed E-state index contributed by atoms with van der Waals surface area (Å²) in [5.41, 5.74) is 0. The van der Waals surface area contributed by atoms with Crippen molar-refractivity contribution in [1.29, 1.82) is 0 Å². The van der Waals surface area contributed by atoms with Gasteiger partial charge < -0.3 is 10.2 Å². The number of hydrogen-bond acceptors (Lipinski definition) is 2. The minimum atomic E-state index is -1.98. The van der Waals surface area contributed by atoms with Gasteiger partial charge in [0, 0.05) is 6.42 Å². The van der Waals surface area contributed by atoms with Gasteiger partial charge in [-0.3, -0.25) is 0 Å². The highest BCUT2D eigenvalue weighted by atomic mass is 35.5. The van der Waals surface area contributed by atoms with Crippen molar-refractivity contribution < 1.29 is 10.2 Å². The van der Waals surface area contributed by atoms with E-state index in [2.05, 4.69) is 6.92 Å². The molecule has 0 aromatic heterocycles. The van der Waals surface area contributed by atoms with E-state index in [0.717, 1.165) is 12.8 Å².